The van der Waals surface area contributed by atoms with Crippen LogP contribution in [-0.2, 0) is 11.2 Å². The Morgan fingerprint density at radius 1 is 1.00 bits per heavy atom. The van der Waals surface area contributed by atoms with Gasteiger partial charge in [0.25, 0.3) is 5.91 Å². The van der Waals surface area contributed by atoms with Crippen molar-refractivity contribution in [3.63, 3.8) is 0 Å². The Kier molecular flexibility index (Phi) is 5.84. The number of carbonyl (C=O) groups excluding carboxylic acids is 3. The second-order valence-electron chi connectivity index (χ2n) is 8.69. The van der Waals surface area contributed by atoms with Gasteiger partial charge in [0.15, 0.2) is 5.78 Å². The van der Waals surface area contributed by atoms with Crippen molar-refractivity contribution in [1.82, 2.24) is 9.78 Å². The molecule has 0 radical (unpaired) electrons. The van der Waals surface area contributed by atoms with Gasteiger partial charge in [0.1, 0.15) is 23.0 Å². The van der Waals surface area contributed by atoms with E-state index in [1.54, 1.807) is 28.0 Å². The molecule has 35 heavy (non-hydrogen) atoms. The lowest BCUT2D eigenvalue weighted by Gasteiger charge is -2.31. The number of Topliss-reactive ketones (excluding diaryl/α,β-unsaturated/α-hetero) is 1. The molecule has 3 aromatic rings. The van der Waals surface area contributed by atoms with E-state index in [2.05, 4.69) is 5.10 Å². The van der Waals surface area contributed by atoms with Crippen LogP contribution in [0, 0.1) is 5.82 Å². The average molecular weight is 477 g/mol. The molecule has 3 heterocycles. The molecule has 0 aliphatic carbocycles. The molecular formula is C26H25FN4O4. The highest BCUT2D eigenvalue weighted by Crippen LogP contribution is 2.37. The van der Waals surface area contributed by atoms with E-state index in [1.165, 1.54) is 36.9 Å². The number of anilines is 2. The lowest BCUT2D eigenvalue weighted by molar-refractivity contribution is -0.119. The highest BCUT2D eigenvalue weighted by Gasteiger charge is 2.35. The van der Waals surface area contributed by atoms with Gasteiger partial charge in [-0.05, 0) is 49.6 Å². The summed E-state index contributed by atoms with van der Waals surface area (Å²) in [7, 11) is 1.52. The fraction of sp³-hybridized carbons (Fsp3) is 0.308. The van der Waals surface area contributed by atoms with Crippen LogP contribution in [0.25, 0.3) is 5.69 Å². The topological polar surface area (TPSA) is 84.7 Å². The van der Waals surface area contributed by atoms with Crippen LogP contribution >= 0.6 is 0 Å². The van der Waals surface area contributed by atoms with Crippen LogP contribution in [0.15, 0.2) is 42.5 Å². The van der Waals surface area contributed by atoms with Crippen LogP contribution in [-0.4, -0.2) is 47.6 Å². The van der Waals surface area contributed by atoms with Gasteiger partial charge in [-0.1, -0.05) is 6.07 Å². The largest absolute Gasteiger partial charge is 0.494 e. The van der Waals surface area contributed by atoms with Gasteiger partial charge in [-0.15, -0.1) is 0 Å². The van der Waals surface area contributed by atoms with Gasteiger partial charge in [-0.3, -0.25) is 14.4 Å². The Morgan fingerprint density at radius 2 is 1.83 bits per heavy atom. The zero-order valence-electron chi connectivity index (χ0n) is 19.6. The quantitative estimate of drug-likeness (QED) is 0.521. The molecule has 2 aliphatic heterocycles. The standard InChI is InChI=1S/C26H25FN4O4/c1-16(32)24-20-11-13-30(26(34)25(20)31(28-24)19-7-5-6-17(27)14-19)21-10-9-18(15-22(21)35-2)29-12-4-3-8-23(29)33/h5-7,9-10,14-15H,3-4,8,11-13H2,1-2H3. The molecule has 2 aromatic carbocycles. The Balaban J connectivity index is 1.56. The van der Waals surface area contributed by atoms with Gasteiger partial charge < -0.3 is 14.5 Å². The van der Waals surface area contributed by atoms with Gasteiger partial charge >= 0.3 is 0 Å². The summed E-state index contributed by atoms with van der Waals surface area (Å²) >= 11 is 0. The number of halogens is 1. The minimum Gasteiger partial charge on any atom is -0.494 e. The van der Waals surface area contributed by atoms with E-state index in [1.807, 2.05) is 6.07 Å². The summed E-state index contributed by atoms with van der Waals surface area (Å²) in [5, 5.41) is 4.38. The van der Waals surface area contributed by atoms with Crippen molar-refractivity contribution in [3.8, 4) is 11.4 Å². The predicted octanol–water partition coefficient (Wildman–Crippen LogP) is 3.94. The summed E-state index contributed by atoms with van der Waals surface area (Å²) in [5.41, 5.74) is 2.62. The van der Waals surface area contributed by atoms with Gasteiger partial charge in [0.2, 0.25) is 5.91 Å². The molecule has 9 heteroatoms. The number of amides is 2. The minimum atomic E-state index is -0.472. The van der Waals surface area contributed by atoms with E-state index in [4.69, 9.17) is 4.74 Å². The summed E-state index contributed by atoms with van der Waals surface area (Å²) in [6.45, 7) is 2.37. The molecule has 0 atom stereocenters. The second-order valence-corrected chi connectivity index (χ2v) is 8.69. The molecule has 0 N–H and O–H groups in total. The lowest BCUT2D eigenvalue weighted by Crippen LogP contribution is -2.39. The predicted molar refractivity (Wildman–Crippen MR) is 128 cm³/mol. The maximum atomic E-state index is 14.0. The molecule has 0 spiro atoms. The lowest BCUT2D eigenvalue weighted by atomic mass is 10.0. The monoisotopic (exact) mass is 476 g/mol. The van der Waals surface area contributed by atoms with Gasteiger partial charge in [0.05, 0.1) is 18.5 Å². The van der Waals surface area contributed by atoms with Crippen LogP contribution in [0.4, 0.5) is 15.8 Å². The molecule has 2 aliphatic rings. The normalized spacial score (nSPS) is 15.9. The van der Waals surface area contributed by atoms with Gasteiger partial charge in [-0.25, -0.2) is 9.07 Å². The molecule has 2 amide bonds. The SMILES string of the molecule is COc1cc(N2CCCCC2=O)ccc1N1CCc2c(C(C)=O)nn(-c3cccc(F)c3)c2C1=O. The zero-order chi connectivity index (χ0) is 24.7. The number of hydrogen-bond acceptors (Lipinski definition) is 5. The first-order chi connectivity index (χ1) is 16.9. The summed E-state index contributed by atoms with van der Waals surface area (Å²) in [5.74, 6) is -0.566. The Morgan fingerprint density at radius 3 is 2.54 bits per heavy atom. The van der Waals surface area contributed by atoms with E-state index >= 15 is 0 Å². The third kappa shape index (κ3) is 3.96. The van der Waals surface area contributed by atoms with Crippen molar-refractivity contribution in [3.05, 3.63) is 65.2 Å². The average Bonchev–Trinajstić information content (AvgIpc) is 3.25. The van der Waals surface area contributed by atoms with Crippen LogP contribution in [0.2, 0.25) is 0 Å². The third-order valence-corrected chi connectivity index (χ3v) is 6.49. The number of rotatable bonds is 5. The number of carbonyl (C=O) groups is 3. The van der Waals surface area contributed by atoms with Crippen LogP contribution in [0.3, 0.4) is 0 Å². The molecule has 1 saturated heterocycles. The molecule has 1 fully saturated rings. The van der Waals surface area contributed by atoms with Crippen molar-refractivity contribution in [2.45, 2.75) is 32.6 Å². The molecule has 0 bridgehead atoms. The first kappa shape index (κ1) is 22.8. The zero-order valence-corrected chi connectivity index (χ0v) is 19.6. The smallest absolute Gasteiger partial charge is 0.277 e. The molecule has 5 rings (SSSR count). The van der Waals surface area contributed by atoms with Crippen LogP contribution < -0.4 is 14.5 Å². The van der Waals surface area contributed by atoms with E-state index < -0.39 is 5.82 Å². The van der Waals surface area contributed by atoms with E-state index in [-0.39, 0.29) is 29.0 Å². The Hall–Kier alpha value is -4.01. The van der Waals surface area contributed by atoms with Gasteiger partial charge in [0, 0.05) is 43.8 Å². The second kappa shape index (κ2) is 8.98. The van der Waals surface area contributed by atoms with Crippen LogP contribution in [0.1, 0.15) is 52.7 Å². The van der Waals surface area contributed by atoms with Crippen LogP contribution in [0.5, 0.6) is 5.75 Å². The molecule has 8 nitrogen and oxygen atoms in total. The fourth-order valence-electron chi connectivity index (χ4n) is 4.80. The molecule has 1 aromatic heterocycles. The number of methoxy groups -OCH3 is 1. The summed E-state index contributed by atoms with van der Waals surface area (Å²) < 4.78 is 20.9. The van der Waals surface area contributed by atoms with E-state index in [0.29, 0.717) is 48.6 Å². The van der Waals surface area contributed by atoms with E-state index in [9.17, 15) is 18.8 Å². The molecule has 180 valence electrons. The van der Waals surface area contributed by atoms with E-state index in [0.717, 1.165) is 18.5 Å². The maximum Gasteiger partial charge on any atom is 0.277 e. The van der Waals surface area contributed by atoms with Crippen molar-refractivity contribution < 1.29 is 23.5 Å². The number of ether oxygens (including phenoxy) is 1. The van der Waals surface area contributed by atoms with Crippen molar-refractivity contribution in [2.24, 2.45) is 0 Å². The van der Waals surface area contributed by atoms with Crippen molar-refractivity contribution in [2.75, 3.05) is 30.0 Å². The summed E-state index contributed by atoms with van der Waals surface area (Å²) in [4.78, 5) is 41.7. The minimum absolute atomic E-state index is 0.0699. The summed E-state index contributed by atoms with van der Waals surface area (Å²) in [6, 6.07) is 11.1. The highest BCUT2D eigenvalue weighted by molar-refractivity contribution is 6.10. The fourth-order valence-corrected chi connectivity index (χ4v) is 4.80. The number of fused-ring (bicyclic) bond motifs is 1. The summed E-state index contributed by atoms with van der Waals surface area (Å²) in [6.07, 6.45) is 2.74. The van der Waals surface area contributed by atoms with Crippen molar-refractivity contribution >= 4 is 29.0 Å². The third-order valence-electron chi connectivity index (χ3n) is 6.49. The molecular weight excluding hydrogens is 451 g/mol. The number of benzene rings is 2. The number of nitrogens with zero attached hydrogens (tertiary/aromatic N) is 4. The maximum absolute atomic E-state index is 14.0. The van der Waals surface area contributed by atoms with Gasteiger partial charge in [-0.2, -0.15) is 5.10 Å². The highest BCUT2D eigenvalue weighted by atomic mass is 19.1. The first-order valence-corrected chi connectivity index (χ1v) is 11.6. The number of aromatic nitrogens is 2. The van der Waals surface area contributed by atoms with Crippen molar-refractivity contribution in [1.29, 1.82) is 0 Å². The number of ketones is 1. The number of hydrogen-bond donors (Lipinski definition) is 0. The molecule has 0 unspecified atom stereocenters. The first-order valence-electron chi connectivity index (χ1n) is 11.6. The Labute approximate surface area is 201 Å². The number of piperidine rings is 1. The molecule has 0 saturated carbocycles. The Bertz CT molecular complexity index is 1350.